The van der Waals surface area contributed by atoms with Gasteiger partial charge in [-0.2, -0.15) is 0 Å². The first-order chi connectivity index (χ1) is 18.9. The van der Waals surface area contributed by atoms with Crippen LogP contribution in [-0.4, -0.2) is 62.4 Å². The molecule has 0 saturated carbocycles. The van der Waals surface area contributed by atoms with E-state index >= 15 is 0 Å². The Morgan fingerprint density at radius 2 is 1.60 bits per heavy atom. The molecule has 1 saturated heterocycles. The van der Waals surface area contributed by atoms with Gasteiger partial charge in [0.05, 0.1) is 25.5 Å². The molecule has 0 bridgehead atoms. The average Bonchev–Trinajstić information content (AvgIpc) is 2.92. The number of carboxylic acid groups (broad SMARTS) is 2. The largest absolute Gasteiger partial charge is 0.550 e. The van der Waals surface area contributed by atoms with Gasteiger partial charge >= 0.3 is 5.97 Å². The second kappa shape index (κ2) is 13.2. The summed E-state index contributed by atoms with van der Waals surface area (Å²) in [5.41, 5.74) is 0.122. The summed E-state index contributed by atoms with van der Waals surface area (Å²) in [6, 6.07) is 21.7. The Labute approximate surface area is 231 Å². The van der Waals surface area contributed by atoms with Crippen molar-refractivity contribution in [1.82, 2.24) is 0 Å². The van der Waals surface area contributed by atoms with E-state index in [1.54, 1.807) is 24.3 Å². The number of aliphatic hydroxyl groups excluding tert-OH is 1. The number of hydrogen-bond donors (Lipinski definition) is 6. The minimum absolute atomic E-state index is 0.0189. The number of nitrogens with one attached hydrogen (secondary N) is 1. The van der Waals surface area contributed by atoms with E-state index in [-0.39, 0.29) is 29.7 Å². The fraction of sp³-hybridized carbons (Fsp3) is 0.300. The average molecular weight is 552 g/mol. The number of piperidine rings is 1. The van der Waals surface area contributed by atoms with Gasteiger partial charge in [-0.3, -0.25) is 9.59 Å². The van der Waals surface area contributed by atoms with Crippen molar-refractivity contribution in [2.75, 3.05) is 13.1 Å². The minimum Gasteiger partial charge on any atom is -0.550 e. The Bertz CT molecular complexity index is 1320. The van der Waals surface area contributed by atoms with Crippen LogP contribution in [0.15, 0.2) is 78.9 Å². The number of phenols is 2. The standard InChI is InChI=1S/C27H29NO5.C3H4O4/c1-18(25(31)19-7-3-2-4-8-19)28-14-13-27(33,21-10-6-12-23(30)16-21)24(17-28)26(32)20-9-5-11-22(29)15-20;4-2(5)1-3(6)7/h2-12,15-16,18,24-25,29-31,33H,13-14,17H2,1H3;1H2,(H,4,5)(H,6,7). The molecular weight excluding hydrogens is 518 g/mol. The van der Waals surface area contributed by atoms with Gasteiger partial charge in [0.2, 0.25) is 0 Å². The molecule has 5 unspecified atom stereocenters. The van der Waals surface area contributed by atoms with Crippen LogP contribution in [-0.2, 0) is 15.2 Å². The number of aliphatic hydroxyl groups is 2. The molecule has 1 aliphatic rings. The molecule has 0 aromatic heterocycles. The Kier molecular flexibility index (Phi) is 10.0. The van der Waals surface area contributed by atoms with Gasteiger partial charge in [-0.25, -0.2) is 0 Å². The molecule has 10 heteroatoms. The Balaban J connectivity index is 0.000000559. The number of carboxylic acids is 2. The predicted molar refractivity (Wildman–Crippen MR) is 141 cm³/mol. The van der Waals surface area contributed by atoms with Gasteiger partial charge in [0.1, 0.15) is 35.2 Å². The van der Waals surface area contributed by atoms with Crippen molar-refractivity contribution in [3.05, 3.63) is 95.6 Å². The molecule has 1 fully saturated rings. The van der Waals surface area contributed by atoms with Crippen molar-refractivity contribution in [3.63, 3.8) is 0 Å². The van der Waals surface area contributed by atoms with Crippen molar-refractivity contribution in [3.8, 4) is 11.5 Å². The molecule has 6 N–H and O–H groups in total. The molecule has 0 amide bonds. The highest BCUT2D eigenvalue weighted by Gasteiger charge is 2.50. The lowest BCUT2D eigenvalue weighted by atomic mass is 9.72. The highest BCUT2D eigenvalue weighted by atomic mass is 16.4. The predicted octanol–water partition coefficient (Wildman–Crippen LogP) is 0.406. The summed E-state index contributed by atoms with van der Waals surface area (Å²) in [6.07, 6.45) is -1.35. The first-order valence-electron chi connectivity index (χ1n) is 12.8. The third kappa shape index (κ3) is 7.44. The van der Waals surface area contributed by atoms with Gasteiger partial charge < -0.3 is 40.3 Å². The summed E-state index contributed by atoms with van der Waals surface area (Å²) in [4.78, 5) is 33.3. The number of aliphatic carboxylic acids is 2. The van der Waals surface area contributed by atoms with Crippen LogP contribution in [0, 0.1) is 5.92 Å². The third-order valence-electron chi connectivity index (χ3n) is 7.22. The maximum Gasteiger partial charge on any atom is 0.309 e. The Morgan fingerprint density at radius 1 is 0.975 bits per heavy atom. The lowest BCUT2D eigenvalue weighted by molar-refractivity contribution is -0.937. The van der Waals surface area contributed by atoms with E-state index in [1.165, 1.54) is 24.3 Å². The lowest BCUT2D eigenvalue weighted by Gasteiger charge is -2.44. The topological polar surface area (TPSA) is 180 Å². The second-order valence-electron chi connectivity index (χ2n) is 9.89. The lowest BCUT2D eigenvalue weighted by Crippen LogP contribution is -3.18. The van der Waals surface area contributed by atoms with Crippen LogP contribution in [0.1, 0.15) is 47.4 Å². The van der Waals surface area contributed by atoms with Crippen LogP contribution >= 0.6 is 0 Å². The first-order valence-corrected chi connectivity index (χ1v) is 12.8. The molecule has 0 aliphatic carbocycles. The number of aromatic hydroxyl groups is 2. The number of carbonyl (C=O) groups is 3. The normalized spacial score (nSPS) is 21.8. The molecular formula is C30H33NO9. The Morgan fingerprint density at radius 3 is 2.15 bits per heavy atom. The van der Waals surface area contributed by atoms with Crippen molar-refractivity contribution in [2.45, 2.75) is 37.5 Å². The van der Waals surface area contributed by atoms with Gasteiger partial charge in [-0.15, -0.1) is 0 Å². The monoisotopic (exact) mass is 551 g/mol. The molecule has 4 rings (SSSR count). The molecule has 5 atom stereocenters. The summed E-state index contributed by atoms with van der Waals surface area (Å²) >= 11 is 0. The molecule has 10 nitrogen and oxygen atoms in total. The number of ketones is 1. The van der Waals surface area contributed by atoms with Crippen LogP contribution in [0.3, 0.4) is 0 Å². The second-order valence-corrected chi connectivity index (χ2v) is 9.89. The highest BCUT2D eigenvalue weighted by molar-refractivity contribution is 5.99. The van der Waals surface area contributed by atoms with Crippen LogP contribution in [0.5, 0.6) is 11.5 Å². The number of carbonyl (C=O) groups excluding carboxylic acids is 2. The van der Waals surface area contributed by atoms with Crippen LogP contribution < -0.4 is 10.0 Å². The minimum atomic E-state index is -1.56. The summed E-state index contributed by atoms with van der Waals surface area (Å²) < 4.78 is 0. The van der Waals surface area contributed by atoms with E-state index < -0.39 is 36.0 Å². The number of hydrogen-bond acceptors (Lipinski definition) is 8. The SMILES string of the molecule is CC(C(O)c1ccccc1)[NH+]1CCC(O)(c2cccc(O)c2)C(C(=O)c2cccc(O)c2)C1.O=C([O-])CC(=O)O. The number of rotatable bonds is 8. The zero-order valence-corrected chi connectivity index (χ0v) is 21.9. The van der Waals surface area contributed by atoms with Gasteiger partial charge in [0.25, 0.3) is 0 Å². The fourth-order valence-corrected chi connectivity index (χ4v) is 5.05. The number of likely N-dealkylation sites (tertiary alicyclic amines) is 1. The maximum atomic E-state index is 13.6. The van der Waals surface area contributed by atoms with E-state index in [0.29, 0.717) is 24.2 Å². The van der Waals surface area contributed by atoms with Crippen LogP contribution in [0.4, 0.5) is 0 Å². The zero-order valence-electron chi connectivity index (χ0n) is 21.9. The highest BCUT2D eigenvalue weighted by Crippen LogP contribution is 2.38. The number of benzene rings is 3. The summed E-state index contributed by atoms with van der Waals surface area (Å²) in [5, 5.41) is 59.7. The first kappa shape index (κ1) is 30.3. The van der Waals surface area contributed by atoms with Crippen LogP contribution in [0.2, 0.25) is 0 Å². The number of phenolic OH excluding ortho intramolecular Hbond substituents is 2. The van der Waals surface area contributed by atoms with Gasteiger partial charge in [0, 0.05) is 12.0 Å². The summed E-state index contributed by atoms with van der Waals surface area (Å²) in [5.74, 6) is -4.04. The van der Waals surface area contributed by atoms with E-state index in [1.807, 2.05) is 37.3 Å². The Hall–Kier alpha value is -4.25. The smallest absolute Gasteiger partial charge is 0.309 e. The van der Waals surface area contributed by atoms with E-state index in [9.17, 15) is 39.9 Å². The molecule has 0 radical (unpaired) electrons. The quantitative estimate of drug-likeness (QED) is 0.171. The molecule has 3 aromatic carbocycles. The van der Waals surface area contributed by atoms with Crippen molar-refractivity contribution >= 4 is 17.7 Å². The zero-order chi connectivity index (χ0) is 29.4. The third-order valence-corrected chi connectivity index (χ3v) is 7.22. The van der Waals surface area contributed by atoms with E-state index in [0.717, 1.165) is 10.5 Å². The molecule has 40 heavy (non-hydrogen) atoms. The molecule has 0 spiro atoms. The van der Waals surface area contributed by atoms with E-state index in [2.05, 4.69) is 0 Å². The number of Topliss-reactive ketones (excluding diaryl/α,β-unsaturated/α-hetero) is 1. The fourth-order valence-electron chi connectivity index (χ4n) is 5.05. The summed E-state index contributed by atoms with van der Waals surface area (Å²) in [7, 11) is 0. The van der Waals surface area contributed by atoms with Gasteiger partial charge in [0.15, 0.2) is 5.78 Å². The maximum absolute atomic E-state index is 13.6. The summed E-state index contributed by atoms with van der Waals surface area (Å²) in [6.45, 7) is 2.79. The van der Waals surface area contributed by atoms with Crippen molar-refractivity contribution < 1.29 is 49.9 Å². The van der Waals surface area contributed by atoms with Crippen molar-refractivity contribution in [1.29, 1.82) is 0 Å². The van der Waals surface area contributed by atoms with Crippen molar-refractivity contribution in [2.24, 2.45) is 5.92 Å². The molecule has 212 valence electrons. The number of quaternary nitrogens is 1. The molecule has 1 aliphatic heterocycles. The van der Waals surface area contributed by atoms with Gasteiger partial charge in [-0.1, -0.05) is 54.6 Å². The molecule has 3 aromatic rings. The van der Waals surface area contributed by atoms with E-state index in [4.69, 9.17) is 5.11 Å². The molecule has 1 heterocycles. The van der Waals surface area contributed by atoms with Gasteiger partial charge in [-0.05, 0) is 42.3 Å². The van der Waals surface area contributed by atoms with Crippen LogP contribution in [0.25, 0.3) is 0 Å².